The van der Waals surface area contributed by atoms with Gasteiger partial charge in [0.2, 0.25) is 0 Å². The molecule has 2 heterocycles. The van der Waals surface area contributed by atoms with Crippen LogP contribution in [-0.2, 0) is 13.1 Å². The van der Waals surface area contributed by atoms with Gasteiger partial charge in [-0.3, -0.25) is 0 Å². The van der Waals surface area contributed by atoms with Crippen molar-refractivity contribution >= 4 is 23.9 Å². The molecule has 0 fully saturated rings. The van der Waals surface area contributed by atoms with Gasteiger partial charge in [-0.05, 0) is 11.5 Å². The first-order chi connectivity index (χ1) is 3.97. The van der Waals surface area contributed by atoms with Crippen molar-refractivity contribution < 1.29 is 0 Å². The van der Waals surface area contributed by atoms with Crippen LogP contribution in [0.5, 0.6) is 0 Å². The quantitative estimate of drug-likeness (QED) is 0.608. The Balaban J connectivity index is 0.000000405. The largest absolute Gasteiger partial charge is 0.306 e. The number of nitrogens with zero attached hydrogens (tertiary/aromatic N) is 2. The van der Waals surface area contributed by atoms with Crippen LogP contribution >= 0.6 is 23.9 Å². The van der Waals surface area contributed by atoms with Crippen molar-refractivity contribution in [1.82, 2.24) is 14.9 Å². The molecule has 0 bridgehead atoms. The molecular formula is C4H6ClN3S. The summed E-state index contributed by atoms with van der Waals surface area (Å²) >= 11 is 1.49. The minimum Gasteiger partial charge on any atom is -0.306 e. The highest BCUT2D eigenvalue weighted by Gasteiger charge is 2.12. The second-order valence-corrected chi connectivity index (χ2v) is 2.59. The third-order valence-corrected chi connectivity index (χ3v) is 1.98. The van der Waals surface area contributed by atoms with E-state index in [2.05, 4.69) is 14.9 Å². The molecule has 0 atom stereocenters. The zero-order valence-corrected chi connectivity index (χ0v) is 6.26. The summed E-state index contributed by atoms with van der Waals surface area (Å²) in [6.45, 7) is 1.87. The van der Waals surface area contributed by atoms with Crippen LogP contribution in [0.25, 0.3) is 0 Å². The van der Waals surface area contributed by atoms with Gasteiger partial charge >= 0.3 is 0 Å². The van der Waals surface area contributed by atoms with Crippen molar-refractivity contribution in [2.45, 2.75) is 13.1 Å². The molecule has 9 heavy (non-hydrogen) atoms. The Morgan fingerprint density at radius 1 is 1.44 bits per heavy atom. The third-order valence-electron chi connectivity index (χ3n) is 1.21. The second-order valence-electron chi connectivity index (χ2n) is 1.75. The molecule has 0 amide bonds. The molecule has 0 radical (unpaired) electrons. The fourth-order valence-electron chi connectivity index (χ4n) is 0.790. The van der Waals surface area contributed by atoms with E-state index < -0.39 is 0 Å². The van der Waals surface area contributed by atoms with Gasteiger partial charge in [0.15, 0.2) is 0 Å². The van der Waals surface area contributed by atoms with Crippen molar-refractivity contribution in [3.05, 3.63) is 10.6 Å². The maximum atomic E-state index is 3.90. The molecule has 1 aliphatic heterocycles. The number of fused-ring (bicyclic) bond motifs is 1. The van der Waals surface area contributed by atoms with E-state index in [1.807, 2.05) is 0 Å². The summed E-state index contributed by atoms with van der Waals surface area (Å²) in [4.78, 5) is 1.30. The Labute approximate surface area is 63.0 Å². The van der Waals surface area contributed by atoms with E-state index in [0.717, 1.165) is 18.8 Å². The maximum absolute atomic E-state index is 3.90. The number of nitrogens with one attached hydrogen (secondary N) is 1. The molecule has 0 aliphatic carbocycles. The minimum absolute atomic E-state index is 0. The number of hydrogen-bond acceptors (Lipinski definition) is 4. The molecule has 50 valence electrons. The van der Waals surface area contributed by atoms with E-state index in [4.69, 9.17) is 0 Å². The van der Waals surface area contributed by atoms with E-state index >= 15 is 0 Å². The fraction of sp³-hybridized carbons (Fsp3) is 0.500. The third kappa shape index (κ3) is 1.05. The van der Waals surface area contributed by atoms with E-state index in [-0.39, 0.29) is 12.4 Å². The lowest BCUT2D eigenvalue weighted by atomic mass is 10.4. The Morgan fingerprint density at radius 3 is 3.11 bits per heavy atom. The Bertz CT molecular complexity index is 181. The average molecular weight is 164 g/mol. The molecule has 0 aromatic carbocycles. The van der Waals surface area contributed by atoms with Gasteiger partial charge in [0, 0.05) is 13.1 Å². The molecule has 0 saturated carbocycles. The van der Waals surface area contributed by atoms with Crippen LogP contribution in [0.15, 0.2) is 0 Å². The highest BCUT2D eigenvalue weighted by molar-refractivity contribution is 7.05. The molecule has 0 spiro atoms. The minimum atomic E-state index is 0. The molecule has 0 saturated heterocycles. The van der Waals surface area contributed by atoms with Gasteiger partial charge in [0.25, 0.3) is 0 Å². The van der Waals surface area contributed by atoms with Crippen molar-refractivity contribution in [2.75, 3.05) is 0 Å². The van der Waals surface area contributed by atoms with E-state index in [0.29, 0.717) is 0 Å². The van der Waals surface area contributed by atoms with Gasteiger partial charge in [0.05, 0.1) is 10.6 Å². The zero-order valence-electron chi connectivity index (χ0n) is 4.63. The van der Waals surface area contributed by atoms with Crippen LogP contribution in [-0.4, -0.2) is 9.59 Å². The van der Waals surface area contributed by atoms with E-state index in [1.54, 1.807) is 0 Å². The number of hydrogen-bond donors (Lipinski definition) is 1. The predicted octanol–water partition coefficient (Wildman–Crippen LogP) is 0.563. The summed E-state index contributed by atoms with van der Waals surface area (Å²) in [5.41, 5.74) is 1.13. The summed E-state index contributed by atoms with van der Waals surface area (Å²) in [5.74, 6) is 0. The van der Waals surface area contributed by atoms with Crippen LogP contribution in [0.2, 0.25) is 0 Å². The summed E-state index contributed by atoms with van der Waals surface area (Å²) in [7, 11) is 0. The van der Waals surface area contributed by atoms with Gasteiger partial charge in [-0.25, -0.2) is 0 Å². The first kappa shape index (κ1) is 6.92. The van der Waals surface area contributed by atoms with Crippen molar-refractivity contribution in [3.8, 4) is 0 Å². The smallest absolute Gasteiger partial charge is 0.0938 e. The molecule has 2 rings (SSSR count). The first-order valence-electron chi connectivity index (χ1n) is 2.47. The average Bonchev–Trinajstić information content (AvgIpc) is 2.15. The second kappa shape index (κ2) is 2.60. The van der Waals surface area contributed by atoms with Crippen LogP contribution < -0.4 is 5.32 Å². The molecule has 0 unspecified atom stereocenters. The number of aromatic nitrogens is 2. The lowest BCUT2D eigenvalue weighted by molar-refractivity contribution is 0.751. The van der Waals surface area contributed by atoms with Gasteiger partial charge in [0.1, 0.15) is 0 Å². The van der Waals surface area contributed by atoms with Crippen molar-refractivity contribution in [2.24, 2.45) is 0 Å². The summed E-state index contributed by atoms with van der Waals surface area (Å²) in [6.07, 6.45) is 0. The zero-order chi connectivity index (χ0) is 5.40. The highest BCUT2D eigenvalue weighted by atomic mass is 35.5. The van der Waals surface area contributed by atoms with Gasteiger partial charge < -0.3 is 5.32 Å². The highest BCUT2D eigenvalue weighted by Crippen LogP contribution is 2.14. The lowest BCUT2D eigenvalue weighted by Crippen LogP contribution is -2.01. The van der Waals surface area contributed by atoms with Gasteiger partial charge in [-0.2, -0.15) is 0 Å². The molecule has 1 aromatic rings. The van der Waals surface area contributed by atoms with Crippen molar-refractivity contribution in [1.29, 1.82) is 0 Å². The number of halogens is 1. The topological polar surface area (TPSA) is 37.8 Å². The fourth-order valence-corrected chi connectivity index (χ4v) is 1.41. The van der Waals surface area contributed by atoms with Crippen LogP contribution in [0.3, 0.4) is 0 Å². The molecule has 1 aliphatic rings. The predicted molar refractivity (Wildman–Crippen MR) is 37.7 cm³/mol. The SMILES string of the molecule is C1NCc2snnc21.Cl. The first-order valence-corrected chi connectivity index (χ1v) is 3.25. The number of rotatable bonds is 0. The van der Waals surface area contributed by atoms with Crippen LogP contribution in [0.4, 0.5) is 0 Å². The maximum Gasteiger partial charge on any atom is 0.0938 e. The lowest BCUT2D eigenvalue weighted by Gasteiger charge is -1.80. The molecule has 5 heteroatoms. The Hall–Kier alpha value is -0.190. The van der Waals surface area contributed by atoms with E-state index in [1.165, 1.54) is 16.4 Å². The molecule has 3 nitrogen and oxygen atoms in total. The Morgan fingerprint density at radius 2 is 2.33 bits per heavy atom. The normalized spacial score (nSPS) is 14.7. The monoisotopic (exact) mass is 163 g/mol. The van der Waals surface area contributed by atoms with E-state index in [9.17, 15) is 0 Å². The summed E-state index contributed by atoms with van der Waals surface area (Å²) < 4.78 is 3.80. The summed E-state index contributed by atoms with van der Waals surface area (Å²) in [6, 6.07) is 0. The molecule has 1 aromatic heterocycles. The standard InChI is InChI=1S/C4H5N3S.ClH/c1-3-4(2-5-1)8-7-6-3;/h5H,1-2H2;1H. The Kier molecular flexibility index (Phi) is 2.00. The molecular weight excluding hydrogens is 158 g/mol. The molecule has 1 N–H and O–H groups in total. The van der Waals surface area contributed by atoms with Crippen LogP contribution in [0, 0.1) is 0 Å². The van der Waals surface area contributed by atoms with Gasteiger partial charge in [-0.1, -0.05) is 4.49 Å². The van der Waals surface area contributed by atoms with Crippen molar-refractivity contribution in [3.63, 3.8) is 0 Å². The van der Waals surface area contributed by atoms with Crippen LogP contribution in [0.1, 0.15) is 10.6 Å². The summed E-state index contributed by atoms with van der Waals surface area (Å²) in [5, 5.41) is 7.08. The van der Waals surface area contributed by atoms with Gasteiger partial charge in [-0.15, -0.1) is 17.5 Å².